The van der Waals surface area contributed by atoms with Gasteiger partial charge in [-0.15, -0.1) is 0 Å². The van der Waals surface area contributed by atoms with Crippen molar-refractivity contribution >= 4 is 22.8 Å². The van der Waals surface area contributed by atoms with Crippen molar-refractivity contribution in [3.8, 4) is 0 Å². The zero-order valence-electron chi connectivity index (χ0n) is 13.8. The van der Waals surface area contributed by atoms with E-state index >= 15 is 0 Å². The number of carbonyl (C=O) groups excluding carboxylic acids is 2. The number of hydrogen-bond acceptors (Lipinski definition) is 3. The van der Waals surface area contributed by atoms with Gasteiger partial charge in [0.15, 0.2) is 0 Å². The molecule has 5 nitrogen and oxygen atoms in total. The highest BCUT2D eigenvalue weighted by Crippen LogP contribution is 2.18. The Morgan fingerprint density at radius 3 is 2.48 bits per heavy atom. The maximum Gasteiger partial charge on any atom is 0.251 e. The van der Waals surface area contributed by atoms with E-state index in [1.54, 1.807) is 12.1 Å². The van der Waals surface area contributed by atoms with Crippen molar-refractivity contribution in [3.05, 3.63) is 72.0 Å². The van der Waals surface area contributed by atoms with Gasteiger partial charge in [-0.2, -0.15) is 0 Å². The SMILES string of the molecule is O=C(CCCNC(=O)c1ccccc1)NCc1cc2ccccc2o1. The average Bonchev–Trinajstić information content (AvgIpc) is 3.07. The molecule has 128 valence electrons. The monoisotopic (exact) mass is 336 g/mol. The lowest BCUT2D eigenvalue weighted by molar-refractivity contribution is -0.121. The summed E-state index contributed by atoms with van der Waals surface area (Å²) < 4.78 is 5.65. The fourth-order valence-electron chi connectivity index (χ4n) is 2.54. The first kappa shape index (κ1) is 16.8. The first-order valence-electron chi connectivity index (χ1n) is 8.30. The Labute approximate surface area is 146 Å². The van der Waals surface area contributed by atoms with Crippen LogP contribution in [-0.4, -0.2) is 18.4 Å². The first-order chi connectivity index (χ1) is 12.2. The molecule has 1 heterocycles. The Kier molecular flexibility index (Phi) is 5.46. The molecule has 25 heavy (non-hydrogen) atoms. The normalized spacial score (nSPS) is 10.6. The van der Waals surface area contributed by atoms with E-state index in [1.807, 2.05) is 48.5 Å². The zero-order valence-corrected chi connectivity index (χ0v) is 13.8. The zero-order chi connectivity index (χ0) is 17.5. The molecule has 1 aromatic heterocycles. The quantitative estimate of drug-likeness (QED) is 0.651. The van der Waals surface area contributed by atoms with Crippen LogP contribution in [0.3, 0.4) is 0 Å². The molecule has 2 N–H and O–H groups in total. The smallest absolute Gasteiger partial charge is 0.251 e. The number of amides is 2. The van der Waals surface area contributed by atoms with E-state index in [0.717, 1.165) is 16.7 Å². The summed E-state index contributed by atoms with van der Waals surface area (Å²) in [5, 5.41) is 6.67. The highest BCUT2D eigenvalue weighted by molar-refractivity contribution is 5.94. The molecule has 0 aliphatic carbocycles. The minimum Gasteiger partial charge on any atom is -0.459 e. The topological polar surface area (TPSA) is 71.3 Å². The van der Waals surface area contributed by atoms with Gasteiger partial charge in [-0.25, -0.2) is 0 Å². The van der Waals surface area contributed by atoms with Crippen molar-refractivity contribution in [2.75, 3.05) is 6.54 Å². The van der Waals surface area contributed by atoms with Crippen LogP contribution in [-0.2, 0) is 11.3 Å². The molecule has 0 radical (unpaired) electrons. The number of para-hydroxylation sites is 1. The third-order valence-corrected chi connectivity index (χ3v) is 3.84. The summed E-state index contributed by atoms with van der Waals surface area (Å²) in [7, 11) is 0. The summed E-state index contributed by atoms with van der Waals surface area (Å²) >= 11 is 0. The maximum absolute atomic E-state index is 11.9. The van der Waals surface area contributed by atoms with Crippen molar-refractivity contribution in [3.63, 3.8) is 0 Å². The molecule has 0 spiro atoms. The van der Waals surface area contributed by atoms with Crippen LogP contribution in [0.4, 0.5) is 0 Å². The van der Waals surface area contributed by atoms with Gasteiger partial charge in [-0.05, 0) is 30.7 Å². The summed E-state index contributed by atoms with van der Waals surface area (Å²) in [6.07, 6.45) is 0.944. The van der Waals surface area contributed by atoms with E-state index < -0.39 is 0 Å². The van der Waals surface area contributed by atoms with E-state index in [9.17, 15) is 9.59 Å². The van der Waals surface area contributed by atoms with Crippen LogP contribution in [0.1, 0.15) is 29.0 Å². The predicted octanol–water partition coefficient (Wildman–Crippen LogP) is 3.26. The van der Waals surface area contributed by atoms with Crippen LogP contribution in [0.25, 0.3) is 11.0 Å². The van der Waals surface area contributed by atoms with Crippen molar-refractivity contribution in [2.24, 2.45) is 0 Å². The molecular formula is C20H20N2O3. The van der Waals surface area contributed by atoms with Crippen LogP contribution >= 0.6 is 0 Å². The molecule has 3 aromatic rings. The van der Waals surface area contributed by atoms with Gasteiger partial charge >= 0.3 is 0 Å². The number of benzene rings is 2. The van der Waals surface area contributed by atoms with Gasteiger partial charge in [0.25, 0.3) is 5.91 Å². The van der Waals surface area contributed by atoms with Crippen molar-refractivity contribution in [2.45, 2.75) is 19.4 Å². The second-order valence-electron chi connectivity index (χ2n) is 5.75. The Morgan fingerprint density at radius 2 is 1.68 bits per heavy atom. The van der Waals surface area contributed by atoms with Gasteiger partial charge < -0.3 is 15.1 Å². The van der Waals surface area contributed by atoms with Crippen LogP contribution < -0.4 is 10.6 Å². The molecule has 0 aliphatic rings. The molecule has 0 saturated carbocycles. The lowest BCUT2D eigenvalue weighted by atomic mass is 10.2. The lowest BCUT2D eigenvalue weighted by Gasteiger charge is -2.06. The standard InChI is InChI=1S/C20H20N2O3/c23-19(11-6-12-21-20(24)15-7-2-1-3-8-15)22-14-17-13-16-9-4-5-10-18(16)25-17/h1-5,7-10,13H,6,11-12,14H2,(H,21,24)(H,22,23). The summed E-state index contributed by atoms with van der Waals surface area (Å²) in [4.78, 5) is 23.7. The lowest BCUT2D eigenvalue weighted by Crippen LogP contribution is -2.27. The number of nitrogens with one attached hydrogen (secondary N) is 2. The Bertz CT molecular complexity index is 823. The first-order valence-corrected chi connectivity index (χ1v) is 8.30. The van der Waals surface area contributed by atoms with E-state index in [0.29, 0.717) is 31.5 Å². The van der Waals surface area contributed by atoms with E-state index in [1.165, 1.54) is 0 Å². The highest BCUT2D eigenvalue weighted by Gasteiger charge is 2.07. The highest BCUT2D eigenvalue weighted by atomic mass is 16.3. The van der Waals surface area contributed by atoms with Gasteiger partial charge in [0.05, 0.1) is 6.54 Å². The molecular weight excluding hydrogens is 316 g/mol. The minimum absolute atomic E-state index is 0.0607. The molecule has 3 rings (SSSR count). The van der Waals surface area contributed by atoms with Gasteiger partial charge in [0.1, 0.15) is 11.3 Å². The van der Waals surface area contributed by atoms with Crippen LogP contribution in [0.15, 0.2) is 65.1 Å². The molecule has 0 saturated heterocycles. The maximum atomic E-state index is 11.9. The second-order valence-corrected chi connectivity index (χ2v) is 5.75. The average molecular weight is 336 g/mol. The van der Waals surface area contributed by atoms with Crippen LogP contribution in [0.5, 0.6) is 0 Å². The Balaban J connectivity index is 1.36. The van der Waals surface area contributed by atoms with Gasteiger partial charge in [-0.1, -0.05) is 36.4 Å². The molecule has 2 aromatic carbocycles. The number of hydrogen-bond donors (Lipinski definition) is 2. The fraction of sp³-hybridized carbons (Fsp3) is 0.200. The third-order valence-electron chi connectivity index (χ3n) is 3.84. The molecule has 0 bridgehead atoms. The summed E-state index contributed by atoms with van der Waals surface area (Å²) in [5.41, 5.74) is 1.44. The Hall–Kier alpha value is -3.08. The third kappa shape index (κ3) is 4.70. The van der Waals surface area contributed by atoms with Gasteiger partial charge in [0.2, 0.25) is 5.91 Å². The number of furan rings is 1. The molecule has 0 fully saturated rings. The van der Waals surface area contributed by atoms with Crippen LogP contribution in [0.2, 0.25) is 0 Å². The van der Waals surface area contributed by atoms with Gasteiger partial charge in [0, 0.05) is 23.9 Å². The number of carbonyl (C=O) groups is 2. The van der Waals surface area contributed by atoms with Crippen LogP contribution in [0, 0.1) is 0 Å². The summed E-state index contributed by atoms with van der Waals surface area (Å²) in [6, 6.07) is 18.7. The van der Waals surface area contributed by atoms with Crippen molar-refractivity contribution < 1.29 is 14.0 Å². The molecule has 0 atom stereocenters. The largest absolute Gasteiger partial charge is 0.459 e. The Morgan fingerprint density at radius 1 is 0.920 bits per heavy atom. The van der Waals surface area contributed by atoms with Gasteiger partial charge in [-0.3, -0.25) is 9.59 Å². The second kappa shape index (κ2) is 8.15. The number of rotatable bonds is 7. The fourth-order valence-corrected chi connectivity index (χ4v) is 2.54. The van der Waals surface area contributed by atoms with Crippen molar-refractivity contribution in [1.29, 1.82) is 0 Å². The van der Waals surface area contributed by atoms with E-state index in [2.05, 4.69) is 10.6 Å². The number of fused-ring (bicyclic) bond motifs is 1. The van der Waals surface area contributed by atoms with Crippen molar-refractivity contribution in [1.82, 2.24) is 10.6 Å². The van der Waals surface area contributed by atoms with E-state index in [4.69, 9.17) is 4.42 Å². The molecule has 0 aliphatic heterocycles. The minimum atomic E-state index is -0.122. The molecule has 2 amide bonds. The molecule has 5 heteroatoms. The molecule has 0 unspecified atom stereocenters. The van der Waals surface area contributed by atoms with E-state index in [-0.39, 0.29) is 11.8 Å². The summed E-state index contributed by atoms with van der Waals surface area (Å²) in [5.74, 6) is 0.546. The predicted molar refractivity (Wildman–Crippen MR) is 96.1 cm³/mol. The summed E-state index contributed by atoms with van der Waals surface area (Å²) in [6.45, 7) is 0.829.